The zero-order valence-corrected chi connectivity index (χ0v) is 14.3. The van der Waals surface area contributed by atoms with Crippen LogP contribution >= 0.6 is 11.6 Å². The fourth-order valence-electron chi connectivity index (χ4n) is 3.03. The van der Waals surface area contributed by atoms with Gasteiger partial charge >= 0.3 is 0 Å². The summed E-state index contributed by atoms with van der Waals surface area (Å²) in [5.74, 6) is 0.850. The highest BCUT2D eigenvalue weighted by Crippen LogP contribution is 2.25. The number of amides is 1. The fraction of sp³-hybridized carbons (Fsp3) is 0.211. The van der Waals surface area contributed by atoms with Gasteiger partial charge in [-0.05, 0) is 37.1 Å². The third kappa shape index (κ3) is 3.42. The molecular weight excluding hydrogens is 336 g/mol. The van der Waals surface area contributed by atoms with Gasteiger partial charge in [0.2, 0.25) is 0 Å². The van der Waals surface area contributed by atoms with Gasteiger partial charge in [-0.15, -0.1) is 0 Å². The highest BCUT2D eigenvalue weighted by atomic mass is 35.5. The van der Waals surface area contributed by atoms with E-state index in [0.717, 1.165) is 30.0 Å². The van der Waals surface area contributed by atoms with Gasteiger partial charge in [0.1, 0.15) is 11.5 Å². The summed E-state index contributed by atoms with van der Waals surface area (Å²) in [5.41, 5.74) is 2.92. The Morgan fingerprint density at radius 3 is 2.96 bits per heavy atom. The number of hydrogen-bond donors (Lipinski definition) is 1. The number of nitrogens with zero attached hydrogens (tertiary/aromatic N) is 3. The Balaban J connectivity index is 1.57. The summed E-state index contributed by atoms with van der Waals surface area (Å²) in [4.78, 5) is 21.1. The zero-order valence-electron chi connectivity index (χ0n) is 13.6. The van der Waals surface area contributed by atoms with E-state index in [1.54, 1.807) is 12.1 Å². The van der Waals surface area contributed by atoms with E-state index in [1.807, 2.05) is 24.3 Å². The molecule has 3 aromatic rings. The number of aryl methyl sites for hydroxylation is 2. The summed E-state index contributed by atoms with van der Waals surface area (Å²) in [6, 6.07) is 10.9. The molecule has 1 aliphatic rings. The lowest BCUT2D eigenvalue weighted by atomic mass is 10.1. The number of halogens is 1. The molecule has 6 heteroatoms. The van der Waals surface area contributed by atoms with Crippen molar-refractivity contribution in [2.24, 2.45) is 0 Å². The smallest absolute Gasteiger partial charge is 0.274 e. The van der Waals surface area contributed by atoms with Crippen molar-refractivity contribution in [3.05, 3.63) is 65.3 Å². The zero-order chi connectivity index (χ0) is 17.2. The maximum Gasteiger partial charge on any atom is 0.274 e. The number of aromatic nitrogens is 3. The second-order valence-corrected chi connectivity index (χ2v) is 6.52. The van der Waals surface area contributed by atoms with Gasteiger partial charge < -0.3 is 9.88 Å². The third-order valence-corrected chi connectivity index (χ3v) is 4.51. The minimum absolute atomic E-state index is 0.287. The monoisotopic (exact) mass is 352 g/mol. The van der Waals surface area contributed by atoms with Crippen LogP contribution < -0.4 is 5.32 Å². The molecule has 5 nitrogen and oxygen atoms in total. The van der Waals surface area contributed by atoms with Crippen LogP contribution in [0.25, 0.3) is 11.3 Å². The van der Waals surface area contributed by atoms with E-state index in [9.17, 15) is 4.79 Å². The molecule has 3 heterocycles. The minimum Gasteiger partial charge on any atom is -0.334 e. The number of pyridine rings is 1. The number of anilines is 1. The third-order valence-electron chi connectivity index (χ3n) is 4.28. The van der Waals surface area contributed by atoms with Crippen molar-refractivity contribution in [2.45, 2.75) is 25.8 Å². The predicted molar refractivity (Wildman–Crippen MR) is 97.8 cm³/mol. The Bertz CT molecular complexity index is 911. The lowest BCUT2D eigenvalue weighted by Gasteiger charge is -2.11. The molecule has 1 aliphatic heterocycles. The average Bonchev–Trinajstić information content (AvgIpc) is 3.06. The number of hydrogen-bond acceptors (Lipinski definition) is 3. The number of nitrogens with one attached hydrogen (secondary N) is 1. The first-order valence-corrected chi connectivity index (χ1v) is 8.66. The molecule has 1 amide bonds. The van der Waals surface area contributed by atoms with E-state index < -0.39 is 0 Å². The van der Waals surface area contributed by atoms with Gasteiger partial charge in [-0.2, -0.15) is 0 Å². The summed E-state index contributed by atoms with van der Waals surface area (Å²) in [6.45, 7) is 1.03. The number of rotatable bonds is 3. The molecule has 0 saturated carbocycles. The Hall–Kier alpha value is -2.66. The average molecular weight is 353 g/mol. The van der Waals surface area contributed by atoms with Crippen molar-refractivity contribution < 1.29 is 4.79 Å². The van der Waals surface area contributed by atoms with E-state index in [1.165, 1.54) is 19.0 Å². The van der Waals surface area contributed by atoms with Crippen LogP contribution in [0.1, 0.15) is 29.2 Å². The van der Waals surface area contributed by atoms with Crippen LogP contribution in [0.15, 0.2) is 48.8 Å². The van der Waals surface area contributed by atoms with Crippen LogP contribution in [0.3, 0.4) is 0 Å². The molecule has 0 aliphatic carbocycles. The van der Waals surface area contributed by atoms with Gasteiger partial charge in [0, 0.05) is 41.6 Å². The molecule has 0 atom stereocenters. The van der Waals surface area contributed by atoms with Gasteiger partial charge in [0.15, 0.2) is 0 Å². The van der Waals surface area contributed by atoms with Gasteiger partial charge in [0.05, 0.1) is 5.69 Å². The topological polar surface area (TPSA) is 59.8 Å². The molecular formula is C19H17ClN4O. The van der Waals surface area contributed by atoms with Crippen molar-refractivity contribution in [3.8, 4) is 11.3 Å². The number of carbonyl (C=O) groups is 1. The molecule has 0 spiro atoms. The van der Waals surface area contributed by atoms with Crippen molar-refractivity contribution in [2.75, 3.05) is 5.32 Å². The second kappa shape index (κ2) is 6.69. The van der Waals surface area contributed by atoms with E-state index in [0.29, 0.717) is 10.7 Å². The molecule has 0 radical (unpaired) electrons. The lowest BCUT2D eigenvalue weighted by molar-refractivity contribution is 0.102. The molecule has 2 aromatic heterocycles. The summed E-state index contributed by atoms with van der Waals surface area (Å²) >= 11 is 5.92. The highest BCUT2D eigenvalue weighted by Gasteiger charge is 2.14. The highest BCUT2D eigenvalue weighted by molar-refractivity contribution is 6.30. The van der Waals surface area contributed by atoms with Crippen LogP contribution in [0.4, 0.5) is 5.69 Å². The van der Waals surface area contributed by atoms with Gasteiger partial charge in [0.25, 0.3) is 5.91 Å². The number of carbonyl (C=O) groups excluding carboxylic acids is 1. The van der Waals surface area contributed by atoms with Crippen molar-refractivity contribution >= 4 is 23.2 Å². The number of fused-ring (bicyclic) bond motifs is 1. The predicted octanol–water partition coefficient (Wildman–Crippen LogP) is 4.19. The Morgan fingerprint density at radius 2 is 2.12 bits per heavy atom. The maximum atomic E-state index is 12.3. The van der Waals surface area contributed by atoms with Crippen LogP contribution in [0.5, 0.6) is 0 Å². The van der Waals surface area contributed by atoms with Crippen molar-refractivity contribution in [1.29, 1.82) is 0 Å². The van der Waals surface area contributed by atoms with Gasteiger partial charge in [-0.25, -0.2) is 4.98 Å². The second-order valence-electron chi connectivity index (χ2n) is 6.09. The number of imidazole rings is 1. The molecule has 0 unspecified atom stereocenters. The largest absolute Gasteiger partial charge is 0.334 e. The first-order chi connectivity index (χ1) is 12.2. The van der Waals surface area contributed by atoms with Crippen LogP contribution in [0.2, 0.25) is 5.02 Å². The van der Waals surface area contributed by atoms with E-state index >= 15 is 0 Å². The van der Waals surface area contributed by atoms with Gasteiger partial charge in [-0.1, -0.05) is 23.7 Å². The molecule has 0 fully saturated rings. The summed E-state index contributed by atoms with van der Waals surface area (Å²) < 4.78 is 2.22. The molecule has 126 valence electrons. The molecule has 0 bridgehead atoms. The quantitative estimate of drug-likeness (QED) is 0.769. The molecule has 1 aromatic carbocycles. The standard InChI is InChI=1S/C19H17ClN4O/c20-14-7-8-21-16(11-14)19(25)22-15-5-3-4-13(10-15)17-12-24-9-2-1-6-18(24)23-17/h3-5,7-8,10-12H,1-2,6,9H2,(H,22,25). The Labute approximate surface area is 150 Å². The van der Waals surface area contributed by atoms with E-state index in [4.69, 9.17) is 16.6 Å². The van der Waals surface area contributed by atoms with E-state index in [2.05, 4.69) is 21.1 Å². The van der Waals surface area contributed by atoms with Crippen LogP contribution in [0, 0.1) is 0 Å². The van der Waals surface area contributed by atoms with Crippen LogP contribution in [-0.2, 0) is 13.0 Å². The normalized spacial score (nSPS) is 13.3. The first-order valence-electron chi connectivity index (χ1n) is 8.28. The molecule has 0 saturated heterocycles. The molecule has 4 rings (SSSR count). The van der Waals surface area contributed by atoms with Gasteiger partial charge in [-0.3, -0.25) is 9.78 Å². The number of benzene rings is 1. The van der Waals surface area contributed by atoms with Crippen molar-refractivity contribution in [3.63, 3.8) is 0 Å². The summed E-state index contributed by atoms with van der Waals surface area (Å²) in [7, 11) is 0. The SMILES string of the molecule is O=C(Nc1cccc(-c2cn3c(n2)CCCC3)c1)c1cc(Cl)ccn1. The Kier molecular flexibility index (Phi) is 4.24. The summed E-state index contributed by atoms with van der Waals surface area (Å²) in [5, 5.41) is 3.35. The molecule has 25 heavy (non-hydrogen) atoms. The minimum atomic E-state index is -0.288. The van der Waals surface area contributed by atoms with Crippen molar-refractivity contribution in [1.82, 2.24) is 14.5 Å². The summed E-state index contributed by atoms with van der Waals surface area (Å²) in [6.07, 6.45) is 7.03. The lowest BCUT2D eigenvalue weighted by Crippen LogP contribution is -2.13. The molecule has 1 N–H and O–H groups in total. The van der Waals surface area contributed by atoms with Crippen LogP contribution in [-0.4, -0.2) is 20.4 Å². The van der Waals surface area contributed by atoms with E-state index in [-0.39, 0.29) is 11.6 Å². The first kappa shape index (κ1) is 15.8. The Morgan fingerprint density at radius 1 is 1.20 bits per heavy atom. The fourth-order valence-corrected chi connectivity index (χ4v) is 3.19. The maximum absolute atomic E-state index is 12.3.